The van der Waals surface area contributed by atoms with Crippen LogP contribution in [0.1, 0.15) is 51.3 Å². The minimum atomic E-state index is -0.540. The van der Waals surface area contributed by atoms with Crippen molar-refractivity contribution in [3.8, 4) is 27.9 Å². The van der Waals surface area contributed by atoms with Crippen LogP contribution in [0, 0.1) is 0 Å². The van der Waals surface area contributed by atoms with Crippen molar-refractivity contribution in [2.45, 2.75) is 17.7 Å². The Labute approximate surface area is 371 Å². The highest BCUT2D eigenvalue weighted by Gasteiger charge is 2.47. The first kappa shape index (κ1) is 37.6. The predicted octanol–water partition coefficient (Wildman–Crippen LogP) is 12.5. The van der Waals surface area contributed by atoms with E-state index in [4.69, 9.17) is 4.99 Å². The molecule has 0 bridgehead atoms. The van der Waals surface area contributed by atoms with E-state index in [9.17, 15) is 4.79 Å². The fourth-order valence-corrected chi connectivity index (χ4v) is 10.3. The third-order valence-electron chi connectivity index (χ3n) is 13.2. The van der Waals surface area contributed by atoms with Gasteiger partial charge in [0.25, 0.3) is 5.56 Å². The molecule has 10 aromatic rings. The number of pyridine rings is 1. The number of para-hydroxylation sites is 1. The predicted molar refractivity (Wildman–Crippen MR) is 261 cm³/mol. The highest BCUT2D eigenvalue weighted by molar-refractivity contribution is 6.08. The molecule has 0 spiro atoms. The first-order chi connectivity index (χ1) is 31.7. The van der Waals surface area contributed by atoms with Crippen LogP contribution in [-0.4, -0.2) is 10.4 Å². The molecule has 9 aromatic carbocycles. The number of aromatic nitrogens is 1. The second kappa shape index (κ2) is 15.3. The molecule has 0 fully saturated rings. The van der Waals surface area contributed by atoms with Crippen LogP contribution in [-0.2, 0) is 5.41 Å². The van der Waals surface area contributed by atoms with Crippen LogP contribution < -0.4 is 16.2 Å². The standard InChI is InChI=1S/C59H42N4O/c64-58-48-28-11-10-26-46(48)47-27-13-15-33-53(47)63(58)45-36-34-40(35-37-45)55-60-56(42-21-16-20-41(38-42)39-18-4-1-5-19-39)62-57(61-55)50-30-17-32-52-54(50)49-29-12-14-31-51(49)59(52,43-22-6-2-7-23-43)44-24-8-3-9-25-44/h1-38,55-56,60H,(H,61,62). The van der Waals surface area contributed by atoms with Crippen molar-refractivity contribution in [1.29, 1.82) is 0 Å². The number of fused-ring (bicyclic) bond motifs is 6. The van der Waals surface area contributed by atoms with E-state index in [1.54, 1.807) is 0 Å². The second-order valence-electron chi connectivity index (χ2n) is 16.7. The molecule has 0 saturated carbocycles. The van der Waals surface area contributed by atoms with Crippen molar-refractivity contribution >= 4 is 27.5 Å². The van der Waals surface area contributed by atoms with Gasteiger partial charge in [0, 0.05) is 22.0 Å². The molecule has 2 aliphatic rings. The van der Waals surface area contributed by atoms with Gasteiger partial charge in [-0.2, -0.15) is 0 Å². The number of amidine groups is 1. The van der Waals surface area contributed by atoms with Crippen molar-refractivity contribution in [2.24, 2.45) is 4.99 Å². The van der Waals surface area contributed by atoms with Gasteiger partial charge in [0.15, 0.2) is 0 Å². The SMILES string of the molecule is O=c1c2ccccc2c2ccccc2n1-c1ccc(C2NC(c3cccc4c3-c3ccccc3C4(c3ccccc3)c3ccccc3)=NC(c3cccc(-c4ccccc4)c3)N2)cc1. The summed E-state index contributed by atoms with van der Waals surface area (Å²) >= 11 is 0. The summed E-state index contributed by atoms with van der Waals surface area (Å²) in [5, 5.41) is 10.5. The second-order valence-corrected chi connectivity index (χ2v) is 16.7. The molecule has 12 rings (SSSR count). The molecule has 2 atom stereocenters. The average molecular weight is 823 g/mol. The van der Waals surface area contributed by atoms with Gasteiger partial charge < -0.3 is 5.32 Å². The zero-order valence-electron chi connectivity index (χ0n) is 34.9. The Hall–Kier alpha value is -8.12. The van der Waals surface area contributed by atoms with Gasteiger partial charge in [-0.25, -0.2) is 4.99 Å². The fourth-order valence-electron chi connectivity index (χ4n) is 10.3. The number of nitrogens with one attached hydrogen (secondary N) is 2. The van der Waals surface area contributed by atoms with Gasteiger partial charge in [-0.1, -0.05) is 200 Å². The molecule has 5 nitrogen and oxygen atoms in total. The Balaban J connectivity index is 1.02. The van der Waals surface area contributed by atoms with Gasteiger partial charge in [0.2, 0.25) is 0 Å². The first-order valence-corrected chi connectivity index (χ1v) is 21.9. The van der Waals surface area contributed by atoms with Crippen LogP contribution in [0.5, 0.6) is 0 Å². The summed E-state index contributed by atoms with van der Waals surface area (Å²) in [7, 11) is 0. The number of aliphatic imine (C=N–C) groups is 1. The number of hydrogen-bond donors (Lipinski definition) is 2. The summed E-state index contributed by atoms with van der Waals surface area (Å²) in [6.45, 7) is 0. The Bertz CT molecular complexity index is 3430. The normalized spacial score (nSPS) is 16.2. The van der Waals surface area contributed by atoms with E-state index in [0.717, 1.165) is 55.6 Å². The molecule has 2 N–H and O–H groups in total. The van der Waals surface area contributed by atoms with E-state index >= 15 is 0 Å². The van der Waals surface area contributed by atoms with Crippen LogP contribution in [0.3, 0.4) is 0 Å². The Morgan fingerprint density at radius 1 is 0.469 bits per heavy atom. The number of rotatable bonds is 7. The highest BCUT2D eigenvalue weighted by Crippen LogP contribution is 2.57. The number of hydrogen-bond acceptors (Lipinski definition) is 4. The van der Waals surface area contributed by atoms with Crippen molar-refractivity contribution in [3.63, 3.8) is 0 Å². The largest absolute Gasteiger partial charge is 0.350 e. The lowest BCUT2D eigenvalue weighted by atomic mass is 9.67. The lowest BCUT2D eigenvalue weighted by Crippen LogP contribution is -2.45. The Morgan fingerprint density at radius 3 is 1.80 bits per heavy atom. The lowest BCUT2D eigenvalue weighted by molar-refractivity contribution is 0.409. The van der Waals surface area contributed by atoms with E-state index < -0.39 is 5.41 Å². The van der Waals surface area contributed by atoms with Crippen molar-refractivity contribution in [2.75, 3.05) is 0 Å². The van der Waals surface area contributed by atoms with E-state index in [2.05, 4.69) is 193 Å². The fraction of sp³-hybridized carbons (Fsp3) is 0.0508. The van der Waals surface area contributed by atoms with Crippen molar-refractivity contribution in [3.05, 3.63) is 280 Å². The third kappa shape index (κ3) is 5.97. The first-order valence-electron chi connectivity index (χ1n) is 21.9. The van der Waals surface area contributed by atoms with Crippen LogP contribution in [0.2, 0.25) is 0 Å². The van der Waals surface area contributed by atoms with Crippen LogP contribution in [0.4, 0.5) is 0 Å². The summed E-state index contributed by atoms with van der Waals surface area (Å²) in [6.07, 6.45) is -0.699. The molecular weight excluding hydrogens is 781 g/mol. The summed E-state index contributed by atoms with van der Waals surface area (Å²) in [4.78, 5) is 19.8. The zero-order valence-corrected chi connectivity index (χ0v) is 34.9. The monoisotopic (exact) mass is 822 g/mol. The lowest BCUT2D eigenvalue weighted by Gasteiger charge is -2.34. The topological polar surface area (TPSA) is 58.4 Å². The molecule has 64 heavy (non-hydrogen) atoms. The quantitative estimate of drug-likeness (QED) is 0.157. The summed E-state index contributed by atoms with van der Waals surface area (Å²) in [5.41, 5.74) is 13.8. The summed E-state index contributed by atoms with van der Waals surface area (Å²) in [6, 6.07) is 80.9. The Kier molecular flexibility index (Phi) is 9.02. The molecule has 0 amide bonds. The maximum Gasteiger partial charge on any atom is 0.263 e. The van der Waals surface area contributed by atoms with Crippen molar-refractivity contribution < 1.29 is 0 Å². The summed E-state index contributed by atoms with van der Waals surface area (Å²) < 4.78 is 1.84. The minimum absolute atomic E-state index is 0.0379. The molecule has 1 aliphatic heterocycles. The number of nitrogens with zero attached hydrogens (tertiary/aromatic N) is 2. The van der Waals surface area contributed by atoms with Crippen LogP contribution >= 0.6 is 0 Å². The molecule has 0 radical (unpaired) electrons. The molecule has 2 unspecified atom stereocenters. The minimum Gasteiger partial charge on any atom is -0.350 e. The molecule has 1 aliphatic carbocycles. The molecule has 1 aromatic heterocycles. The third-order valence-corrected chi connectivity index (χ3v) is 13.2. The van der Waals surface area contributed by atoms with Crippen molar-refractivity contribution in [1.82, 2.24) is 15.2 Å². The van der Waals surface area contributed by atoms with Gasteiger partial charge >= 0.3 is 0 Å². The van der Waals surface area contributed by atoms with E-state index in [0.29, 0.717) is 5.39 Å². The summed E-state index contributed by atoms with van der Waals surface area (Å²) in [5.74, 6) is 0.809. The smallest absolute Gasteiger partial charge is 0.263 e. The van der Waals surface area contributed by atoms with E-state index in [1.807, 2.05) is 53.1 Å². The highest BCUT2D eigenvalue weighted by atomic mass is 16.1. The van der Waals surface area contributed by atoms with Crippen LogP contribution in [0.25, 0.3) is 49.6 Å². The molecule has 2 heterocycles. The average Bonchev–Trinajstić information content (AvgIpc) is 3.69. The zero-order chi connectivity index (χ0) is 42.6. The van der Waals surface area contributed by atoms with E-state index in [1.165, 1.54) is 33.4 Å². The molecule has 0 saturated heterocycles. The van der Waals surface area contributed by atoms with E-state index in [-0.39, 0.29) is 17.9 Å². The van der Waals surface area contributed by atoms with Gasteiger partial charge in [0.1, 0.15) is 18.2 Å². The van der Waals surface area contributed by atoms with Gasteiger partial charge in [-0.3, -0.25) is 14.7 Å². The van der Waals surface area contributed by atoms with Crippen LogP contribution in [0.15, 0.2) is 240 Å². The maximum atomic E-state index is 14.2. The van der Waals surface area contributed by atoms with Gasteiger partial charge in [-0.15, -0.1) is 0 Å². The molecular formula is C59H42N4O. The molecule has 5 heteroatoms. The maximum absolute atomic E-state index is 14.2. The molecule has 304 valence electrons. The Morgan fingerprint density at radius 2 is 1.05 bits per heavy atom. The number of benzene rings is 9. The van der Waals surface area contributed by atoms with Gasteiger partial charge in [-0.05, 0) is 91.4 Å². The van der Waals surface area contributed by atoms with Gasteiger partial charge in [0.05, 0.1) is 10.9 Å².